The zero-order valence-corrected chi connectivity index (χ0v) is 10.1. The third-order valence-electron chi connectivity index (χ3n) is 2.80. The SMILES string of the molecule is Cc1cccc(OCc2ccc(CO)o2)c1C. The highest BCUT2D eigenvalue weighted by molar-refractivity contribution is 5.38. The molecule has 0 radical (unpaired) electrons. The summed E-state index contributed by atoms with van der Waals surface area (Å²) in [5, 5.41) is 8.88. The largest absolute Gasteiger partial charge is 0.485 e. The summed E-state index contributed by atoms with van der Waals surface area (Å²) in [7, 11) is 0. The minimum atomic E-state index is -0.0799. The standard InChI is InChI=1S/C14H16O3/c1-10-4-3-5-14(11(10)2)16-9-13-7-6-12(8-15)17-13/h3-7,15H,8-9H2,1-2H3. The third kappa shape index (κ3) is 2.68. The van der Waals surface area contributed by atoms with Crippen LogP contribution in [0.2, 0.25) is 0 Å². The zero-order chi connectivity index (χ0) is 12.3. The monoisotopic (exact) mass is 232 g/mol. The van der Waals surface area contributed by atoms with Gasteiger partial charge in [-0.25, -0.2) is 0 Å². The Bertz CT molecular complexity index is 500. The molecule has 90 valence electrons. The highest BCUT2D eigenvalue weighted by Crippen LogP contribution is 2.22. The number of hydrogen-bond donors (Lipinski definition) is 1. The number of aliphatic hydroxyl groups is 1. The van der Waals surface area contributed by atoms with E-state index in [1.165, 1.54) is 5.56 Å². The second-order valence-corrected chi connectivity index (χ2v) is 4.01. The molecule has 17 heavy (non-hydrogen) atoms. The van der Waals surface area contributed by atoms with Crippen LogP contribution in [0.15, 0.2) is 34.7 Å². The van der Waals surface area contributed by atoms with E-state index in [1.807, 2.05) is 25.1 Å². The molecule has 3 heteroatoms. The summed E-state index contributed by atoms with van der Waals surface area (Å²) < 4.78 is 11.0. The van der Waals surface area contributed by atoms with Crippen molar-refractivity contribution in [1.29, 1.82) is 0 Å². The van der Waals surface area contributed by atoms with Crippen molar-refractivity contribution in [3.05, 3.63) is 53.0 Å². The van der Waals surface area contributed by atoms with E-state index >= 15 is 0 Å². The van der Waals surface area contributed by atoms with Gasteiger partial charge in [0.15, 0.2) is 0 Å². The fraction of sp³-hybridized carbons (Fsp3) is 0.286. The Morgan fingerprint density at radius 1 is 1.12 bits per heavy atom. The van der Waals surface area contributed by atoms with E-state index in [4.69, 9.17) is 14.3 Å². The zero-order valence-electron chi connectivity index (χ0n) is 10.1. The van der Waals surface area contributed by atoms with Crippen molar-refractivity contribution in [3.8, 4) is 5.75 Å². The topological polar surface area (TPSA) is 42.6 Å². The van der Waals surface area contributed by atoms with Crippen molar-refractivity contribution in [2.75, 3.05) is 0 Å². The highest BCUT2D eigenvalue weighted by atomic mass is 16.5. The van der Waals surface area contributed by atoms with Crippen molar-refractivity contribution < 1.29 is 14.3 Å². The van der Waals surface area contributed by atoms with Crippen LogP contribution in [0.3, 0.4) is 0 Å². The number of rotatable bonds is 4. The van der Waals surface area contributed by atoms with E-state index in [-0.39, 0.29) is 6.61 Å². The van der Waals surface area contributed by atoms with Crippen LogP contribution in [-0.2, 0) is 13.2 Å². The van der Waals surface area contributed by atoms with Crippen LogP contribution in [0.25, 0.3) is 0 Å². The van der Waals surface area contributed by atoms with Crippen LogP contribution in [0.1, 0.15) is 22.6 Å². The summed E-state index contributed by atoms with van der Waals surface area (Å²) >= 11 is 0. The predicted octanol–water partition coefficient (Wildman–Crippen LogP) is 2.97. The molecule has 0 bridgehead atoms. The van der Waals surface area contributed by atoms with Gasteiger partial charge in [-0.05, 0) is 43.2 Å². The van der Waals surface area contributed by atoms with Gasteiger partial charge < -0.3 is 14.3 Å². The van der Waals surface area contributed by atoms with Crippen LogP contribution < -0.4 is 4.74 Å². The van der Waals surface area contributed by atoms with Gasteiger partial charge in [0.1, 0.15) is 30.5 Å². The van der Waals surface area contributed by atoms with Gasteiger partial charge in [0.25, 0.3) is 0 Å². The van der Waals surface area contributed by atoms with Gasteiger partial charge in [-0.3, -0.25) is 0 Å². The Morgan fingerprint density at radius 3 is 2.59 bits per heavy atom. The fourth-order valence-electron chi connectivity index (χ4n) is 1.61. The number of ether oxygens (including phenoxy) is 1. The second kappa shape index (κ2) is 5.06. The molecule has 3 nitrogen and oxygen atoms in total. The van der Waals surface area contributed by atoms with Crippen LogP contribution in [0, 0.1) is 13.8 Å². The fourth-order valence-corrected chi connectivity index (χ4v) is 1.61. The van der Waals surface area contributed by atoms with Gasteiger partial charge in [-0.2, -0.15) is 0 Å². The van der Waals surface area contributed by atoms with Gasteiger partial charge in [0.05, 0.1) is 0 Å². The molecule has 2 aromatic rings. The van der Waals surface area contributed by atoms with Gasteiger partial charge in [0.2, 0.25) is 0 Å². The lowest BCUT2D eigenvalue weighted by Gasteiger charge is -2.09. The van der Waals surface area contributed by atoms with Crippen molar-refractivity contribution >= 4 is 0 Å². The molecule has 0 atom stereocenters. The van der Waals surface area contributed by atoms with Crippen LogP contribution >= 0.6 is 0 Å². The maximum atomic E-state index is 8.88. The smallest absolute Gasteiger partial charge is 0.146 e. The van der Waals surface area contributed by atoms with Gasteiger partial charge in [-0.15, -0.1) is 0 Å². The van der Waals surface area contributed by atoms with Crippen LogP contribution in [0.4, 0.5) is 0 Å². The Labute approximate surface area is 101 Å². The quantitative estimate of drug-likeness (QED) is 0.881. The molecule has 0 unspecified atom stereocenters. The van der Waals surface area contributed by atoms with Gasteiger partial charge >= 0.3 is 0 Å². The summed E-state index contributed by atoms with van der Waals surface area (Å²) in [5.74, 6) is 2.14. The van der Waals surface area contributed by atoms with E-state index in [0.717, 1.165) is 17.1 Å². The molecule has 1 N–H and O–H groups in total. The number of furan rings is 1. The predicted molar refractivity (Wildman–Crippen MR) is 64.9 cm³/mol. The first-order chi connectivity index (χ1) is 8.20. The number of hydrogen-bond acceptors (Lipinski definition) is 3. The molecule has 0 aliphatic carbocycles. The molecule has 0 saturated carbocycles. The minimum absolute atomic E-state index is 0.0799. The van der Waals surface area contributed by atoms with E-state index < -0.39 is 0 Å². The first kappa shape index (κ1) is 11.7. The van der Waals surface area contributed by atoms with E-state index in [1.54, 1.807) is 6.07 Å². The van der Waals surface area contributed by atoms with Crippen LogP contribution in [-0.4, -0.2) is 5.11 Å². The Kier molecular flexibility index (Phi) is 3.49. The molecule has 0 fully saturated rings. The molecule has 1 aromatic carbocycles. The molecule has 2 rings (SSSR count). The molecule has 0 aliphatic rings. The lowest BCUT2D eigenvalue weighted by molar-refractivity contribution is 0.224. The van der Waals surface area contributed by atoms with Crippen molar-refractivity contribution in [2.24, 2.45) is 0 Å². The number of benzene rings is 1. The Morgan fingerprint density at radius 2 is 1.88 bits per heavy atom. The molecular weight excluding hydrogens is 216 g/mol. The molecule has 0 saturated heterocycles. The van der Waals surface area contributed by atoms with Crippen molar-refractivity contribution in [2.45, 2.75) is 27.1 Å². The molecule has 0 aliphatic heterocycles. The third-order valence-corrected chi connectivity index (χ3v) is 2.80. The molecule has 1 heterocycles. The maximum absolute atomic E-state index is 8.88. The number of aliphatic hydroxyl groups excluding tert-OH is 1. The summed E-state index contributed by atoms with van der Waals surface area (Å²) in [6, 6.07) is 9.54. The lowest BCUT2D eigenvalue weighted by atomic mass is 10.1. The van der Waals surface area contributed by atoms with Crippen LogP contribution in [0.5, 0.6) is 5.75 Å². The number of aryl methyl sites for hydroxylation is 1. The van der Waals surface area contributed by atoms with Gasteiger partial charge in [-0.1, -0.05) is 12.1 Å². The summed E-state index contributed by atoms with van der Waals surface area (Å²) in [6.45, 7) is 4.39. The van der Waals surface area contributed by atoms with E-state index in [9.17, 15) is 0 Å². The first-order valence-corrected chi connectivity index (χ1v) is 5.58. The average molecular weight is 232 g/mol. The molecule has 1 aromatic heterocycles. The lowest BCUT2D eigenvalue weighted by Crippen LogP contribution is -1.96. The van der Waals surface area contributed by atoms with E-state index in [0.29, 0.717) is 12.4 Å². The minimum Gasteiger partial charge on any atom is -0.485 e. The second-order valence-electron chi connectivity index (χ2n) is 4.01. The first-order valence-electron chi connectivity index (χ1n) is 5.58. The van der Waals surface area contributed by atoms with Gasteiger partial charge in [0, 0.05) is 0 Å². The summed E-state index contributed by atoms with van der Waals surface area (Å²) in [4.78, 5) is 0. The molecule has 0 amide bonds. The molecular formula is C14H16O3. The highest BCUT2D eigenvalue weighted by Gasteiger charge is 2.05. The maximum Gasteiger partial charge on any atom is 0.146 e. The Hall–Kier alpha value is -1.74. The van der Waals surface area contributed by atoms with Crippen molar-refractivity contribution in [3.63, 3.8) is 0 Å². The Balaban J connectivity index is 2.04. The summed E-state index contributed by atoms with van der Waals surface area (Å²) in [5.41, 5.74) is 2.35. The average Bonchev–Trinajstić information content (AvgIpc) is 2.79. The molecule has 0 spiro atoms. The van der Waals surface area contributed by atoms with E-state index in [2.05, 4.69) is 13.0 Å². The summed E-state index contributed by atoms with van der Waals surface area (Å²) in [6.07, 6.45) is 0. The van der Waals surface area contributed by atoms with Crippen molar-refractivity contribution in [1.82, 2.24) is 0 Å². The normalized spacial score (nSPS) is 10.5.